The van der Waals surface area contributed by atoms with Crippen molar-refractivity contribution in [2.24, 2.45) is 0 Å². The van der Waals surface area contributed by atoms with Crippen molar-refractivity contribution in [1.29, 1.82) is 0 Å². The molecule has 0 atom stereocenters. The van der Waals surface area contributed by atoms with Crippen molar-refractivity contribution in [3.8, 4) is 11.1 Å². The number of hydrogen-bond acceptors (Lipinski definition) is 5. The van der Waals surface area contributed by atoms with Gasteiger partial charge in [0.1, 0.15) is 0 Å². The Kier molecular flexibility index (Phi) is 3.43. The summed E-state index contributed by atoms with van der Waals surface area (Å²) in [6, 6.07) is 11.3. The topological polar surface area (TPSA) is 96.5 Å². The first-order valence-corrected chi connectivity index (χ1v) is 7.28. The number of carbonyl (C=O) groups is 1. The maximum Gasteiger partial charge on any atom is 0.276 e. The van der Waals surface area contributed by atoms with Gasteiger partial charge in [0.15, 0.2) is 5.69 Å². The van der Waals surface area contributed by atoms with Crippen molar-refractivity contribution in [3.05, 3.63) is 66.9 Å². The molecular weight excluding hydrogens is 304 g/mol. The van der Waals surface area contributed by atoms with E-state index in [1.165, 1.54) is 12.4 Å². The summed E-state index contributed by atoms with van der Waals surface area (Å²) in [5, 5.41) is 17.9. The summed E-state index contributed by atoms with van der Waals surface area (Å²) >= 11 is 0. The van der Waals surface area contributed by atoms with Gasteiger partial charge in [-0.05, 0) is 29.8 Å². The maximum atomic E-state index is 12.5. The van der Waals surface area contributed by atoms with Crippen molar-refractivity contribution in [2.75, 3.05) is 5.32 Å². The Morgan fingerprint density at radius 1 is 1.00 bits per heavy atom. The second-order valence-corrected chi connectivity index (χ2v) is 5.16. The molecule has 0 saturated carbocycles. The highest BCUT2D eigenvalue weighted by Gasteiger charge is 2.15. The number of nitrogens with zero attached hydrogens (tertiary/aromatic N) is 4. The van der Waals surface area contributed by atoms with Crippen LogP contribution in [0.3, 0.4) is 0 Å². The lowest BCUT2D eigenvalue weighted by atomic mass is 10.0. The zero-order chi connectivity index (χ0) is 16.4. The van der Waals surface area contributed by atoms with Gasteiger partial charge in [-0.15, -0.1) is 0 Å². The number of benzene rings is 1. The third-order valence-electron chi connectivity index (χ3n) is 3.61. The van der Waals surface area contributed by atoms with Crippen LogP contribution in [-0.2, 0) is 0 Å². The first kappa shape index (κ1) is 14.0. The maximum absolute atomic E-state index is 12.5. The van der Waals surface area contributed by atoms with Gasteiger partial charge in [-0.25, -0.2) is 0 Å². The van der Waals surface area contributed by atoms with Crippen LogP contribution in [0, 0.1) is 0 Å². The molecule has 0 bridgehead atoms. The number of hydrogen-bond donors (Lipinski definition) is 2. The molecule has 0 aliphatic heterocycles. The minimum absolute atomic E-state index is 0.308. The Morgan fingerprint density at radius 3 is 2.75 bits per heavy atom. The molecule has 0 radical (unpaired) electrons. The van der Waals surface area contributed by atoms with Crippen LogP contribution in [0.2, 0.25) is 0 Å². The number of fused-ring (bicyclic) bond motifs is 1. The summed E-state index contributed by atoms with van der Waals surface area (Å²) in [4.78, 5) is 16.6. The largest absolute Gasteiger partial charge is 0.319 e. The molecule has 0 saturated heterocycles. The molecule has 0 aliphatic rings. The number of pyridine rings is 1. The van der Waals surface area contributed by atoms with Gasteiger partial charge >= 0.3 is 0 Å². The quantitative estimate of drug-likeness (QED) is 0.605. The van der Waals surface area contributed by atoms with Gasteiger partial charge in [-0.3, -0.25) is 14.9 Å². The first-order chi connectivity index (χ1) is 11.8. The Bertz CT molecular complexity index is 997. The fourth-order valence-electron chi connectivity index (χ4n) is 2.46. The van der Waals surface area contributed by atoms with Crippen LogP contribution in [0.25, 0.3) is 22.0 Å². The highest BCUT2D eigenvalue weighted by atomic mass is 16.1. The third kappa shape index (κ3) is 2.58. The van der Waals surface area contributed by atoms with Gasteiger partial charge in [0, 0.05) is 23.3 Å². The van der Waals surface area contributed by atoms with Gasteiger partial charge in [0.05, 0.1) is 23.6 Å². The van der Waals surface area contributed by atoms with E-state index in [0.29, 0.717) is 11.4 Å². The van der Waals surface area contributed by atoms with E-state index in [4.69, 9.17) is 0 Å². The van der Waals surface area contributed by atoms with Crippen LogP contribution in [0.1, 0.15) is 10.5 Å². The summed E-state index contributed by atoms with van der Waals surface area (Å²) in [6.45, 7) is 0. The van der Waals surface area contributed by atoms with Gasteiger partial charge < -0.3 is 5.32 Å². The summed E-state index contributed by atoms with van der Waals surface area (Å²) in [5.74, 6) is -0.308. The van der Waals surface area contributed by atoms with Crippen molar-refractivity contribution in [3.63, 3.8) is 0 Å². The van der Waals surface area contributed by atoms with Crippen LogP contribution in [0.15, 0.2) is 61.2 Å². The number of carbonyl (C=O) groups excluding carboxylic acids is 1. The second-order valence-electron chi connectivity index (χ2n) is 5.16. The average molecular weight is 316 g/mol. The Balaban J connectivity index is 1.72. The normalized spacial score (nSPS) is 10.7. The highest BCUT2D eigenvalue weighted by Crippen LogP contribution is 2.25. The minimum atomic E-state index is -0.308. The predicted octanol–water partition coefficient (Wildman–Crippen LogP) is 2.67. The smallest absolute Gasteiger partial charge is 0.276 e. The Labute approximate surface area is 136 Å². The van der Waals surface area contributed by atoms with Crippen LogP contribution in [-0.4, -0.2) is 31.3 Å². The van der Waals surface area contributed by atoms with Gasteiger partial charge in [-0.2, -0.15) is 15.3 Å². The van der Waals surface area contributed by atoms with E-state index in [1.807, 2.05) is 30.3 Å². The van der Waals surface area contributed by atoms with Gasteiger partial charge in [0.25, 0.3) is 5.91 Å². The van der Waals surface area contributed by atoms with Crippen LogP contribution < -0.4 is 5.32 Å². The van der Waals surface area contributed by atoms with Crippen molar-refractivity contribution < 1.29 is 4.79 Å². The highest BCUT2D eigenvalue weighted by molar-refractivity contribution is 6.11. The lowest BCUT2D eigenvalue weighted by molar-refractivity contribution is 0.102. The van der Waals surface area contributed by atoms with Crippen LogP contribution in [0.5, 0.6) is 0 Å². The molecule has 116 valence electrons. The van der Waals surface area contributed by atoms with E-state index in [-0.39, 0.29) is 5.91 Å². The van der Waals surface area contributed by atoms with Crippen LogP contribution >= 0.6 is 0 Å². The number of anilines is 1. The summed E-state index contributed by atoms with van der Waals surface area (Å²) < 4.78 is 0. The molecule has 7 heteroatoms. The fourth-order valence-corrected chi connectivity index (χ4v) is 2.46. The van der Waals surface area contributed by atoms with Gasteiger partial charge in [0.2, 0.25) is 0 Å². The molecule has 2 N–H and O–H groups in total. The molecule has 0 spiro atoms. The van der Waals surface area contributed by atoms with E-state index >= 15 is 0 Å². The first-order valence-electron chi connectivity index (χ1n) is 7.28. The fraction of sp³-hybridized carbons (Fsp3) is 0. The monoisotopic (exact) mass is 316 g/mol. The molecule has 3 aromatic heterocycles. The molecule has 0 unspecified atom stereocenters. The lowest BCUT2D eigenvalue weighted by Crippen LogP contribution is -2.13. The van der Waals surface area contributed by atoms with Crippen molar-refractivity contribution >= 4 is 22.5 Å². The lowest BCUT2D eigenvalue weighted by Gasteiger charge is -2.03. The summed E-state index contributed by atoms with van der Waals surface area (Å²) in [5.41, 5.74) is 3.63. The standard InChI is InChI=1S/C17H12N6O/c24-17(21-13-5-7-19-20-10-13)16-14-8-11(3-4-15(14)22-23-16)12-2-1-6-18-9-12/h1-10H,(H,22,23)(H,19,21,24). The second kappa shape index (κ2) is 5.88. The summed E-state index contributed by atoms with van der Waals surface area (Å²) in [6.07, 6.45) is 6.50. The molecule has 7 nitrogen and oxygen atoms in total. The van der Waals surface area contributed by atoms with E-state index in [9.17, 15) is 4.79 Å². The van der Waals surface area contributed by atoms with Gasteiger partial charge in [-0.1, -0.05) is 12.1 Å². The van der Waals surface area contributed by atoms with Crippen LogP contribution in [0.4, 0.5) is 5.69 Å². The number of nitrogens with one attached hydrogen (secondary N) is 2. The third-order valence-corrected chi connectivity index (χ3v) is 3.61. The zero-order valence-corrected chi connectivity index (χ0v) is 12.5. The number of rotatable bonds is 3. The number of H-pyrrole nitrogens is 1. The molecular formula is C17H12N6O. The number of amides is 1. The molecule has 4 aromatic rings. The number of aromatic nitrogens is 5. The van der Waals surface area contributed by atoms with E-state index in [1.54, 1.807) is 18.5 Å². The Morgan fingerprint density at radius 2 is 1.96 bits per heavy atom. The number of aromatic amines is 1. The van der Waals surface area contributed by atoms with Crippen molar-refractivity contribution in [2.45, 2.75) is 0 Å². The molecule has 3 heterocycles. The predicted molar refractivity (Wildman–Crippen MR) is 89.3 cm³/mol. The minimum Gasteiger partial charge on any atom is -0.319 e. The SMILES string of the molecule is O=C(Nc1ccnnc1)c1n[nH]c2ccc(-c3cccnc3)cc12. The molecule has 4 rings (SSSR count). The van der Waals surface area contributed by atoms with E-state index < -0.39 is 0 Å². The van der Waals surface area contributed by atoms with E-state index in [2.05, 4.69) is 30.7 Å². The molecule has 24 heavy (non-hydrogen) atoms. The zero-order valence-electron chi connectivity index (χ0n) is 12.5. The molecule has 1 amide bonds. The van der Waals surface area contributed by atoms with Crippen molar-refractivity contribution in [1.82, 2.24) is 25.4 Å². The van der Waals surface area contributed by atoms with E-state index in [0.717, 1.165) is 22.0 Å². The molecule has 1 aromatic carbocycles. The molecule has 0 fully saturated rings. The Hall–Kier alpha value is -3.61. The summed E-state index contributed by atoms with van der Waals surface area (Å²) in [7, 11) is 0. The molecule has 0 aliphatic carbocycles. The average Bonchev–Trinajstić information content (AvgIpc) is 3.06.